The maximum absolute atomic E-state index is 11.1. The number of rotatable bonds is 5. The fraction of sp³-hybridized carbons (Fsp3) is 0.214. The van der Waals surface area contributed by atoms with Gasteiger partial charge in [0.15, 0.2) is 18.1 Å². The molecule has 0 aliphatic carbocycles. The normalized spacial score (nSPS) is 10.2. The Kier molecular flexibility index (Phi) is 4.14. The Labute approximate surface area is 114 Å². The van der Waals surface area contributed by atoms with Gasteiger partial charge in [-0.25, -0.2) is 9.59 Å². The second-order valence-corrected chi connectivity index (χ2v) is 4.10. The number of carbonyl (C=O) groups is 2. The standard InChI is InChI=1S/C14H12O6/c1-9(15)13(16)18-8-12-11(19-14(17)20-12)7-10-5-3-2-4-6-10/h2-6H,7-8H2,1H3. The Bertz CT molecular complexity index is 664. The molecule has 0 amide bonds. The van der Waals surface area contributed by atoms with Crippen molar-refractivity contribution in [2.75, 3.05) is 0 Å². The Morgan fingerprint density at radius 3 is 2.40 bits per heavy atom. The number of Topliss-reactive ketones (excluding diaryl/α,β-unsaturated/α-hetero) is 1. The number of hydrogen-bond donors (Lipinski definition) is 0. The van der Waals surface area contributed by atoms with Gasteiger partial charge < -0.3 is 13.6 Å². The van der Waals surface area contributed by atoms with E-state index in [1.165, 1.54) is 0 Å². The molecule has 0 unspecified atom stereocenters. The Morgan fingerprint density at radius 2 is 1.75 bits per heavy atom. The summed E-state index contributed by atoms with van der Waals surface area (Å²) in [6.45, 7) is 0.783. The summed E-state index contributed by atoms with van der Waals surface area (Å²) < 4.78 is 14.4. The number of esters is 1. The van der Waals surface area contributed by atoms with E-state index in [0.29, 0.717) is 6.42 Å². The molecule has 0 radical (unpaired) electrons. The lowest BCUT2D eigenvalue weighted by molar-refractivity contribution is -0.154. The minimum atomic E-state index is -0.987. The van der Waals surface area contributed by atoms with Gasteiger partial charge in [0.1, 0.15) is 0 Å². The zero-order chi connectivity index (χ0) is 14.5. The van der Waals surface area contributed by atoms with Crippen LogP contribution in [0.1, 0.15) is 24.0 Å². The van der Waals surface area contributed by atoms with E-state index >= 15 is 0 Å². The summed E-state index contributed by atoms with van der Waals surface area (Å²) in [6, 6.07) is 9.28. The second kappa shape index (κ2) is 6.01. The van der Waals surface area contributed by atoms with Gasteiger partial charge in [0.2, 0.25) is 5.78 Å². The third kappa shape index (κ3) is 3.44. The van der Waals surface area contributed by atoms with Crippen molar-refractivity contribution in [3.05, 3.63) is 58.0 Å². The molecule has 0 atom stereocenters. The number of ether oxygens (including phenoxy) is 1. The van der Waals surface area contributed by atoms with E-state index in [4.69, 9.17) is 13.6 Å². The molecule has 0 spiro atoms. The lowest BCUT2D eigenvalue weighted by Crippen LogP contribution is -2.13. The molecule has 2 aromatic rings. The highest BCUT2D eigenvalue weighted by atomic mass is 16.6. The first-order chi connectivity index (χ1) is 9.56. The lowest BCUT2D eigenvalue weighted by Gasteiger charge is -2.01. The van der Waals surface area contributed by atoms with Crippen LogP contribution in [0.4, 0.5) is 0 Å². The number of hydrogen-bond acceptors (Lipinski definition) is 6. The summed E-state index contributed by atoms with van der Waals surface area (Å²) in [4.78, 5) is 33.0. The van der Waals surface area contributed by atoms with Crippen LogP contribution in [0.5, 0.6) is 0 Å². The maximum atomic E-state index is 11.1. The van der Waals surface area contributed by atoms with Crippen LogP contribution in [0.3, 0.4) is 0 Å². The monoisotopic (exact) mass is 276 g/mol. The first-order valence-corrected chi connectivity index (χ1v) is 5.89. The van der Waals surface area contributed by atoms with Crippen molar-refractivity contribution in [3.63, 3.8) is 0 Å². The molecule has 0 N–H and O–H groups in total. The molecule has 1 aromatic heterocycles. The second-order valence-electron chi connectivity index (χ2n) is 4.10. The molecular formula is C14H12O6. The largest absolute Gasteiger partial charge is 0.519 e. The lowest BCUT2D eigenvalue weighted by atomic mass is 10.1. The summed E-state index contributed by atoms with van der Waals surface area (Å²) in [6.07, 6.45) is 0.333. The van der Waals surface area contributed by atoms with Crippen molar-refractivity contribution in [3.8, 4) is 0 Å². The molecule has 20 heavy (non-hydrogen) atoms. The van der Waals surface area contributed by atoms with Gasteiger partial charge in [-0.1, -0.05) is 30.3 Å². The molecule has 0 aliphatic rings. The summed E-state index contributed by atoms with van der Waals surface area (Å²) in [5, 5.41) is 0. The summed E-state index contributed by atoms with van der Waals surface area (Å²) in [5.41, 5.74) is 0.913. The average molecular weight is 276 g/mol. The highest BCUT2D eigenvalue weighted by Gasteiger charge is 2.17. The number of carbonyl (C=O) groups excluding carboxylic acids is 2. The molecule has 0 saturated heterocycles. The highest BCUT2D eigenvalue weighted by Crippen LogP contribution is 2.14. The quantitative estimate of drug-likeness (QED) is 0.607. The van der Waals surface area contributed by atoms with Crippen LogP contribution in [-0.2, 0) is 27.4 Å². The average Bonchev–Trinajstić information content (AvgIpc) is 2.77. The SMILES string of the molecule is CC(=O)C(=O)OCc1oc(=O)oc1Cc1ccccc1. The van der Waals surface area contributed by atoms with Crippen molar-refractivity contribution in [1.82, 2.24) is 0 Å². The predicted molar refractivity (Wildman–Crippen MR) is 67.0 cm³/mol. The first-order valence-electron chi connectivity index (χ1n) is 5.89. The number of ketones is 1. The van der Waals surface area contributed by atoms with Crippen LogP contribution < -0.4 is 5.82 Å². The van der Waals surface area contributed by atoms with E-state index < -0.39 is 17.6 Å². The Balaban J connectivity index is 2.12. The first kappa shape index (κ1) is 13.8. The molecule has 1 aromatic carbocycles. The number of benzene rings is 1. The molecule has 6 heteroatoms. The summed E-state index contributed by atoms with van der Waals surface area (Å²) in [7, 11) is 0. The van der Waals surface area contributed by atoms with Crippen molar-refractivity contribution < 1.29 is 23.2 Å². The summed E-state index contributed by atoms with van der Waals surface area (Å²) in [5.74, 6) is -2.20. The zero-order valence-corrected chi connectivity index (χ0v) is 10.8. The van der Waals surface area contributed by atoms with Crippen LogP contribution in [0.2, 0.25) is 0 Å². The van der Waals surface area contributed by atoms with Crippen LogP contribution in [0, 0.1) is 0 Å². The van der Waals surface area contributed by atoms with E-state index in [-0.39, 0.29) is 18.1 Å². The van der Waals surface area contributed by atoms with Crippen LogP contribution in [0.25, 0.3) is 0 Å². The zero-order valence-electron chi connectivity index (χ0n) is 10.8. The van der Waals surface area contributed by atoms with Gasteiger partial charge in [0, 0.05) is 13.3 Å². The van der Waals surface area contributed by atoms with Gasteiger partial charge in [0.05, 0.1) is 0 Å². The Morgan fingerprint density at radius 1 is 1.10 bits per heavy atom. The minimum Gasteiger partial charge on any atom is -0.452 e. The van der Waals surface area contributed by atoms with Gasteiger partial charge in [-0.2, -0.15) is 0 Å². The molecule has 104 valence electrons. The Hall–Kier alpha value is -2.63. The summed E-state index contributed by atoms with van der Waals surface area (Å²) >= 11 is 0. The van der Waals surface area contributed by atoms with Crippen molar-refractivity contribution >= 4 is 11.8 Å². The fourth-order valence-corrected chi connectivity index (χ4v) is 1.59. The van der Waals surface area contributed by atoms with Crippen molar-refractivity contribution in [2.24, 2.45) is 0 Å². The van der Waals surface area contributed by atoms with E-state index in [1.54, 1.807) is 0 Å². The topological polar surface area (TPSA) is 86.7 Å². The predicted octanol–water partition coefficient (Wildman–Crippen LogP) is 1.46. The minimum absolute atomic E-state index is 0.105. The molecule has 1 heterocycles. The molecule has 2 rings (SSSR count). The van der Waals surface area contributed by atoms with Gasteiger partial charge in [0.25, 0.3) is 0 Å². The van der Waals surface area contributed by atoms with Crippen molar-refractivity contribution in [1.29, 1.82) is 0 Å². The molecule has 0 aliphatic heterocycles. The highest BCUT2D eigenvalue weighted by molar-refractivity contribution is 6.32. The van der Waals surface area contributed by atoms with E-state index in [9.17, 15) is 14.4 Å². The van der Waals surface area contributed by atoms with Crippen LogP contribution in [-0.4, -0.2) is 11.8 Å². The maximum Gasteiger partial charge on any atom is 0.519 e. The van der Waals surface area contributed by atoms with E-state index in [2.05, 4.69) is 0 Å². The third-order valence-corrected chi connectivity index (χ3v) is 2.55. The smallest absolute Gasteiger partial charge is 0.452 e. The third-order valence-electron chi connectivity index (χ3n) is 2.55. The fourth-order valence-electron chi connectivity index (χ4n) is 1.59. The molecule has 0 fully saturated rings. The van der Waals surface area contributed by atoms with Gasteiger partial charge in [-0.15, -0.1) is 0 Å². The van der Waals surface area contributed by atoms with E-state index in [1.807, 2.05) is 30.3 Å². The van der Waals surface area contributed by atoms with E-state index in [0.717, 1.165) is 12.5 Å². The van der Waals surface area contributed by atoms with Gasteiger partial charge in [-0.3, -0.25) is 4.79 Å². The van der Waals surface area contributed by atoms with Crippen LogP contribution in [0.15, 0.2) is 44.0 Å². The molecular weight excluding hydrogens is 264 g/mol. The molecule has 6 nitrogen and oxygen atoms in total. The van der Waals surface area contributed by atoms with Gasteiger partial charge >= 0.3 is 11.8 Å². The molecule has 0 saturated carbocycles. The van der Waals surface area contributed by atoms with Crippen LogP contribution >= 0.6 is 0 Å². The van der Waals surface area contributed by atoms with Gasteiger partial charge in [-0.05, 0) is 5.56 Å². The molecule has 0 bridgehead atoms. The van der Waals surface area contributed by atoms with Crippen molar-refractivity contribution in [2.45, 2.75) is 20.0 Å².